The molecule has 0 spiro atoms. The molecule has 0 aliphatic heterocycles. The number of methoxy groups -OCH3 is 1. The highest BCUT2D eigenvalue weighted by Crippen LogP contribution is 2.38. The molecule has 0 radical (unpaired) electrons. The number of carbonyl (C=O) groups excluding carboxylic acids is 2. The number of nitro groups is 1. The Morgan fingerprint density at radius 3 is 2.48 bits per heavy atom. The number of ether oxygens (including phenoxy) is 2. The summed E-state index contributed by atoms with van der Waals surface area (Å²) >= 11 is 0. The molecule has 1 unspecified atom stereocenters. The number of hydrogen-bond acceptors (Lipinski definition) is 7. The van der Waals surface area contributed by atoms with Crippen LogP contribution in [0.25, 0.3) is 0 Å². The van der Waals surface area contributed by atoms with Crippen molar-refractivity contribution in [3.8, 4) is 11.5 Å². The van der Waals surface area contributed by atoms with Crippen LogP contribution in [-0.4, -0.2) is 35.1 Å². The fraction of sp³-hybridized carbons (Fsp3) is 0.429. The summed E-state index contributed by atoms with van der Waals surface area (Å²) < 4.78 is 9.87. The number of aldehydes is 1. The molecule has 0 aliphatic carbocycles. The summed E-state index contributed by atoms with van der Waals surface area (Å²) in [5.74, 6) is -0.852. The lowest BCUT2D eigenvalue weighted by atomic mass is 10.1. The molecule has 9 nitrogen and oxygen atoms in total. The predicted molar refractivity (Wildman–Crippen MR) is 79.5 cm³/mol. The van der Waals surface area contributed by atoms with E-state index in [1.165, 1.54) is 13.2 Å². The summed E-state index contributed by atoms with van der Waals surface area (Å²) in [6.45, 7) is 4.95. The SMILES string of the molecule is COc1cc(C(C=O)NC(=O)OC(C)(C)C)cc([N+](=O)[O-])c1O. The van der Waals surface area contributed by atoms with E-state index in [-0.39, 0.29) is 11.3 Å². The molecule has 0 saturated heterocycles. The zero-order valence-corrected chi connectivity index (χ0v) is 13.2. The second-order valence-electron chi connectivity index (χ2n) is 5.61. The molecule has 0 aromatic heterocycles. The first-order valence-electron chi connectivity index (χ1n) is 6.59. The fourth-order valence-electron chi connectivity index (χ4n) is 1.72. The minimum absolute atomic E-state index is 0.0761. The van der Waals surface area contributed by atoms with Crippen LogP contribution < -0.4 is 10.1 Å². The van der Waals surface area contributed by atoms with E-state index in [1.54, 1.807) is 20.8 Å². The van der Waals surface area contributed by atoms with Crippen molar-refractivity contribution >= 4 is 18.1 Å². The zero-order chi connectivity index (χ0) is 17.8. The van der Waals surface area contributed by atoms with Gasteiger partial charge in [-0.15, -0.1) is 0 Å². The summed E-state index contributed by atoms with van der Waals surface area (Å²) in [4.78, 5) is 33.1. The quantitative estimate of drug-likeness (QED) is 0.481. The molecule has 2 N–H and O–H groups in total. The Kier molecular flexibility index (Phi) is 5.50. The first kappa shape index (κ1) is 18.2. The van der Waals surface area contributed by atoms with Crippen molar-refractivity contribution in [1.29, 1.82) is 0 Å². The number of aromatic hydroxyl groups is 1. The molecule has 1 aromatic rings. The zero-order valence-electron chi connectivity index (χ0n) is 13.2. The lowest BCUT2D eigenvalue weighted by Gasteiger charge is -2.21. The van der Waals surface area contributed by atoms with Gasteiger partial charge in [-0.3, -0.25) is 10.1 Å². The molecular weight excluding hydrogens is 308 g/mol. The highest BCUT2D eigenvalue weighted by molar-refractivity contribution is 5.75. The summed E-state index contributed by atoms with van der Waals surface area (Å²) in [6, 6.07) is 1.01. The molecule has 23 heavy (non-hydrogen) atoms. The predicted octanol–water partition coefficient (Wildman–Crippen LogP) is 2.07. The number of carbonyl (C=O) groups is 2. The average Bonchev–Trinajstić information content (AvgIpc) is 2.43. The van der Waals surface area contributed by atoms with Gasteiger partial charge in [0.2, 0.25) is 5.75 Å². The standard InChI is InChI=1S/C14H18N2O7/c1-14(2,3)23-13(19)15-9(7-17)8-5-10(16(20)21)12(18)11(6-8)22-4/h5-7,9,18H,1-4H3,(H,15,19). The van der Waals surface area contributed by atoms with Crippen LogP contribution in [0.1, 0.15) is 32.4 Å². The highest BCUT2D eigenvalue weighted by atomic mass is 16.6. The minimum atomic E-state index is -1.20. The van der Waals surface area contributed by atoms with Crippen LogP contribution in [-0.2, 0) is 9.53 Å². The van der Waals surface area contributed by atoms with Crippen molar-refractivity contribution in [3.63, 3.8) is 0 Å². The Balaban J connectivity index is 3.15. The second kappa shape index (κ2) is 6.95. The maximum atomic E-state index is 11.7. The molecule has 0 bridgehead atoms. The molecule has 0 fully saturated rings. The molecule has 0 saturated carbocycles. The van der Waals surface area contributed by atoms with Gasteiger partial charge < -0.3 is 24.7 Å². The average molecular weight is 326 g/mol. The van der Waals surface area contributed by atoms with Crippen LogP contribution in [0.3, 0.4) is 0 Å². The Morgan fingerprint density at radius 2 is 2.04 bits per heavy atom. The number of rotatable bonds is 5. The number of hydrogen-bond donors (Lipinski definition) is 2. The smallest absolute Gasteiger partial charge is 0.408 e. The molecule has 9 heteroatoms. The lowest BCUT2D eigenvalue weighted by Crippen LogP contribution is -2.35. The molecular formula is C14H18N2O7. The number of alkyl carbamates (subject to hydrolysis) is 1. The Labute approximate surface area is 132 Å². The number of amides is 1. The molecule has 1 amide bonds. The summed E-state index contributed by atoms with van der Waals surface area (Å²) in [5, 5.41) is 22.9. The van der Waals surface area contributed by atoms with E-state index < -0.39 is 34.1 Å². The Morgan fingerprint density at radius 1 is 1.43 bits per heavy atom. The third kappa shape index (κ3) is 4.83. The second-order valence-corrected chi connectivity index (χ2v) is 5.61. The van der Waals surface area contributed by atoms with E-state index in [4.69, 9.17) is 9.47 Å². The van der Waals surface area contributed by atoms with Crippen molar-refractivity contribution in [2.75, 3.05) is 7.11 Å². The van der Waals surface area contributed by atoms with Crippen molar-refractivity contribution in [3.05, 3.63) is 27.8 Å². The number of nitro benzene ring substituents is 1. The van der Waals surface area contributed by atoms with E-state index in [9.17, 15) is 24.8 Å². The Bertz CT molecular complexity index is 622. The van der Waals surface area contributed by atoms with E-state index in [2.05, 4.69) is 5.32 Å². The van der Waals surface area contributed by atoms with Crippen LogP contribution in [0.15, 0.2) is 12.1 Å². The van der Waals surface area contributed by atoms with Crippen LogP contribution in [0, 0.1) is 10.1 Å². The maximum Gasteiger partial charge on any atom is 0.408 e. The number of benzene rings is 1. The normalized spacial score (nSPS) is 12.2. The first-order chi connectivity index (χ1) is 10.6. The van der Waals surface area contributed by atoms with Crippen LogP contribution in [0.2, 0.25) is 0 Å². The lowest BCUT2D eigenvalue weighted by molar-refractivity contribution is -0.386. The van der Waals surface area contributed by atoms with Gasteiger partial charge in [-0.2, -0.15) is 0 Å². The van der Waals surface area contributed by atoms with Gasteiger partial charge in [0.1, 0.15) is 17.9 Å². The van der Waals surface area contributed by atoms with Crippen LogP contribution in [0.5, 0.6) is 11.5 Å². The van der Waals surface area contributed by atoms with E-state index in [1.807, 2.05) is 0 Å². The molecule has 1 aromatic carbocycles. The van der Waals surface area contributed by atoms with Gasteiger partial charge in [-0.25, -0.2) is 4.79 Å². The molecule has 1 rings (SSSR count). The van der Waals surface area contributed by atoms with Crippen molar-refractivity contribution in [1.82, 2.24) is 5.32 Å². The topological polar surface area (TPSA) is 128 Å². The number of nitrogens with zero attached hydrogens (tertiary/aromatic N) is 1. The van der Waals surface area contributed by atoms with Gasteiger partial charge in [-0.05, 0) is 32.4 Å². The summed E-state index contributed by atoms with van der Waals surface area (Å²) in [6.07, 6.45) is -0.469. The minimum Gasteiger partial charge on any atom is -0.500 e. The fourth-order valence-corrected chi connectivity index (χ4v) is 1.72. The van der Waals surface area contributed by atoms with Crippen LogP contribution >= 0.6 is 0 Å². The number of phenols is 1. The van der Waals surface area contributed by atoms with E-state index in [0.717, 1.165) is 6.07 Å². The number of nitrogens with one attached hydrogen (secondary N) is 1. The van der Waals surface area contributed by atoms with Gasteiger partial charge in [0.05, 0.1) is 12.0 Å². The monoisotopic (exact) mass is 326 g/mol. The third-order valence-electron chi connectivity index (χ3n) is 2.66. The molecule has 126 valence electrons. The van der Waals surface area contributed by atoms with Gasteiger partial charge in [0, 0.05) is 6.07 Å². The number of phenolic OH excluding ortho intramolecular Hbond substituents is 1. The molecule has 1 atom stereocenters. The third-order valence-corrected chi connectivity index (χ3v) is 2.66. The molecule has 0 heterocycles. The van der Waals surface area contributed by atoms with Gasteiger partial charge in [0.25, 0.3) is 0 Å². The van der Waals surface area contributed by atoms with Gasteiger partial charge >= 0.3 is 11.8 Å². The van der Waals surface area contributed by atoms with Crippen molar-refractivity contribution < 1.29 is 29.1 Å². The maximum absolute atomic E-state index is 11.7. The molecule has 0 aliphatic rings. The largest absolute Gasteiger partial charge is 0.500 e. The van der Waals surface area contributed by atoms with Crippen LogP contribution in [0.4, 0.5) is 10.5 Å². The van der Waals surface area contributed by atoms with Crippen molar-refractivity contribution in [2.24, 2.45) is 0 Å². The Hall–Kier alpha value is -2.84. The summed E-state index contributed by atoms with van der Waals surface area (Å²) in [5.41, 5.74) is -1.33. The van der Waals surface area contributed by atoms with E-state index in [0.29, 0.717) is 6.29 Å². The first-order valence-corrected chi connectivity index (χ1v) is 6.59. The van der Waals surface area contributed by atoms with E-state index >= 15 is 0 Å². The summed E-state index contributed by atoms with van der Waals surface area (Å²) in [7, 11) is 1.21. The van der Waals surface area contributed by atoms with Gasteiger partial charge in [-0.1, -0.05) is 0 Å². The highest BCUT2D eigenvalue weighted by Gasteiger charge is 2.25. The van der Waals surface area contributed by atoms with Gasteiger partial charge in [0.15, 0.2) is 5.75 Å². The van der Waals surface area contributed by atoms with Crippen molar-refractivity contribution in [2.45, 2.75) is 32.4 Å².